The summed E-state index contributed by atoms with van der Waals surface area (Å²) in [6.45, 7) is 4.85. The van der Waals surface area contributed by atoms with E-state index in [1.807, 2.05) is 19.9 Å². The molecular weight excluding hydrogens is 442 g/mol. The number of hydrogen-bond donors (Lipinski definition) is 0. The van der Waals surface area contributed by atoms with Gasteiger partial charge in [-0.05, 0) is 61.7 Å². The fourth-order valence-corrected chi connectivity index (χ4v) is 5.63. The van der Waals surface area contributed by atoms with Crippen molar-refractivity contribution in [1.82, 2.24) is 4.31 Å². The van der Waals surface area contributed by atoms with Gasteiger partial charge in [0.05, 0.1) is 37.7 Å². The molecule has 0 N–H and O–H groups in total. The number of benzene rings is 2. The molecule has 0 fully saturated rings. The Morgan fingerprint density at radius 3 is 2.42 bits per heavy atom. The predicted octanol–water partition coefficient (Wildman–Crippen LogP) is 3.99. The normalized spacial score (nSPS) is 16.5. The Labute approximate surface area is 187 Å². The van der Waals surface area contributed by atoms with Crippen molar-refractivity contribution in [3.8, 4) is 11.5 Å². The lowest BCUT2D eigenvalue weighted by Gasteiger charge is -2.36. The molecule has 1 unspecified atom stereocenters. The second-order valence-corrected chi connectivity index (χ2v) is 9.31. The number of esters is 1. The number of carbonyl (C=O) groups excluding carboxylic acids is 1. The summed E-state index contributed by atoms with van der Waals surface area (Å²) in [6.07, 6.45) is 0.349. The van der Waals surface area contributed by atoms with E-state index in [0.29, 0.717) is 41.7 Å². The van der Waals surface area contributed by atoms with Crippen LogP contribution >= 0.6 is 11.6 Å². The van der Waals surface area contributed by atoms with Crippen molar-refractivity contribution in [2.75, 3.05) is 26.9 Å². The second-order valence-electron chi connectivity index (χ2n) is 6.98. The van der Waals surface area contributed by atoms with Gasteiger partial charge in [0.15, 0.2) is 11.5 Å². The zero-order chi connectivity index (χ0) is 22.6. The monoisotopic (exact) mass is 467 g/mol. The Bertz CT molecular complexity index is 1060. The van der Waals surface area contributed by atoms with Gasteiger partial charge in [-0.25, -0.2) is 8.42 Å². The van der Waals surface area contributed by atoms with Crippen molar-refractivity contribution in [1.29, 1.82) is 0 Å². The molecule has 1 heterocycles. The summed E-state index contributed by atoms with van der Waals surface area (Å²) in [5.74, 6) is 0.613. The molecule has 2 aromatic rings. The average Bonchev–Trinajstić information content (AvgIpc) is 2.74. The molecule has 1 aliphatic heterocycles. The van der Waals surface area contributed by atoms with Crippen LogP contribution in [0.5, 0.6) is 11.5 Å². The zero-order valence-corrected chi connectivity index (χ0v) is 19.3. The van der Waals surface area contributed by atoms with Crippen LogP contribution in [0.15, 0.2) is 41.3 Å². The number of ether oxygens (including phenoxy) is 3. The Balaban J connectivity index is 2.11. The highest BCUT2D eigenvalue weighted by Crippen LogP contribution is 2.42. The number of hydrogen-bond acceptors (Lipinski definition) is 6. The van der Waals surface area contributed by atoms with Gasteiger partial charge in [-0.3, -0.25) is 4.79 Å². The van der Waals surface area contributed by atoms with Gasteiger partial charge in [0.1, 0.15) is 0 Å². The molecule has 7 nitrogen and oxygen atoms in total. The molecule has 0 saturated heterocycles. The van der Waals surface area contributed by atoms with Gasteiger partial charge in [0.25, 0.3) is 0 Å². The first-order valence-corrected chi connectivity index (χ1v) is 11.9. The van der Waals surface area contributed by atoms with Crippen LogP contribution in [0.2, 0.25) is 5.02 Å². The van der Waals surface area contributed by atoms with E-state index in [1.54, 1.807) is 18.2 Å². The summed E-state index contributed by atoms with van der Waals surface area (Å²) in [6, 6.07) is 9.01. The molecule has 0 amide bonds. The third-order valence-electron chi connectivity index (χ3n) is 5.10. The first kappa shape index (κ1) is 23.4. The van der Waals surface area contributed by atoms with Crippen molar-refractivity contribution in [2.24, 2.45) is 0 Å². The molecule has 0 radical (unpaired) electrons. The summed E-state index contributed by atoms with van der Waals surface area (Å²) in [4.78, 5) is 12.3. The minimum absolute atomic E-state index is 0.0780. The molecule has 0 spiro atoms. The van der Waals surface area contributed by atoms with Crippen molar-refractivity contribution in [3.63, 3.8) is 0 Å². The maximum Gasteiger partial charge on any atom is 0.307 e. The smallest absolute Gasteiger partial charge is 0.307 e. The molecule has 2 aromatic carbocycles. The summed E-state index contributed by atoms with van der Waals surface area (Å²) in [7, 11) is -2.62. The number of sulfonamides is 1. The van der Waals surface area contributed by atoms with Crippen LogP contribution in [0.3, 0.4) is 0 Å². The number of halogens is 1. The van der Waals surface area contributed by atoms with E-state index in [9.17, 15) is 13.2 Å². The SMILES string of the molecule is CCOc1cc2c(cc1OCC)C(CC(=O)OC)N(S(=O)(=O)c1cccc(Cl)c1)CC2. The Hall–Kier alpha value is -2.29. The first-order chi connectivity index (χ1) is 14.8. The lowest BCUT2D eigenvalue weighted by atomic mass is 9.91. The number of carbonyl (C=O) groups is 1. The highest BCUT2D eigenvalue weighted by molar-refractivity contribution is 7.89. The third-order valence-corrected chi connectivity index (χ3v) is 7.24. The molecule has 1 atom stereocenters. The first-order valence-electron chi connectivity index (χ1n) is 10.1. The van der Waals surface area contributed by atoms with Crippen LogP contribution in [-0.2, 0) is 26.0 Å². The molecule has 0 aromatic heterocycles. The highest BCUT2D eigenvalue weighted by atomic mass is 35.5. The topological polar surface area (TPSA) is 82.1 Å². The van der Waals surface area contributed by atoms with Crippen LogP contribution in [0.4, 0.5) is 0 Å². The van der Waals surface area contributed by atoms with E-state index in [-0.39, 0.29) is 17.9 Å². The lowest BCUT2D eigenvalue weighted by molar-refractivity contribution is -0.141. The van der Waals surface area contributed by atoms with E-state index in [2.05, 4.69) is 0 Å². The molecule has 0 saturated carbocycles. The Kier molecular flexibility index (Phi) is 7.46. The molecule has 168 valence electrons. The Morgan fingerprint density at radius 1 is 1.13 bits per heavy atom. The fourth-order valence-electron chi connectivity index (χ4n) is 3.73. The van der Waals surface area contributed by atoms with Crippen LogP contribution in [0, 0.1) is 0 Å². The molecule has 0 aliphatic carbocycles. The van der Waals surface area contributed by atoms with Gasteiger partial charge < -0.3 is 14.2 Å². The standard InChI is InChI=1S/C22H26ClNO6S/c1-4-29-20-11-15-9-10-24(31(26,27)17-8-6-7-16(23)12-17)19(14-22(25)28-3)18(15)13-21(20)30-5-2/h6-8,11-13,19H,4-5,9-10,14H2,1-3H3. The van der Waals surface area contributed by atoms with Crippen LogP contribution in [0.25, 0.3) is 0 Å². The van der Waals surface area contributed by atoms with E-state index in [0.717, 1.165) is 5.56 Å². The molecular formula is C22H26ClNO6S. The predicted molar refractivity (Wildman–Crippen MR) is 117 cm³/mol. The zero-order valence-electron chi connectivity index (χ0n) is 17.8. The minimum atomic E-state index is -3.91. The van der Waals surface area contributed by atoms with E-state index >= 15 is 0 Å². The van der Waals surface area contributed by atoms with Crippen molar-refractivity contribution in [2.45, 2.75) is 37.6 Å². The van der Waals surface area contributed by atoms with Crippen LogP contribution in [-0.4, -0.2) is 45.6 Å². The van der Waals surface area contributed by atoms with Crippen LogP contribution in [0.1, 0.15) is 37.4 Å². The molecule has 3 rings (SSSR count). The number of nitrogens with zero attached hydrogens (tertiary/aromatic N) is 1. The van der Waals surface area contributed by atoms with Gasteiger partial charge >= 0.3 is 5.97 Å². The van der Waals surface area contributed by atoms with Crippen molar-refractivity contribution in [3.05, 3.63) is 52.5 Å². The van der Waals surface area contributed by atoms with Gasteiger partial charge in [-0.1, -0.05) is 17.7 Å². The van der Waals surface area contributed by atoms with Gasteiger partial charge in [-0.2, -0.15) is 4.31 Å². The number of fused-ring (bicyclic) bond motifs is 1. The number of methoxy groups -OCH3 is 1. The minimum Gasteiger partial charge on any atom is -0.490 e. The van der Waals surface area contributed by atoms with Crippen molar-refractivity contribution >= 4 is 27.6 Å². The summed E-state index contributed by atoms with van der Waals surface area (Å²) >= 11 is 6.03. The summed E-state index contributed by atoms with van der Waals surface area (Å²) < 4.78 is 44.6. The Morgan fingerprint density at radius 2 is 1.81 bits per heavy atom. The highest BCUT2D eigenvalue weighted by Gasteiger charge is 2.38. The average molecular weight is 468 g/mol. The lowest BCUT2D eigenvalue weighted by Crippen LogP contribution is -2.41. The van der Waals surface area contributed by atoms with Crippen molar-refractivity contribution < 1.29 is 27.4 Å². The molecule has 9 heteroatoms. The van der Waals surface area contributed by atoms with Gasteiger partial charge in [-0.15, -0.1) is 0 Å². The maximum atomic E-state index is 13.5. The summed E-state index contributed by atoms with van der Waals surface area (Å²) in [5, 5.41) is 0.322. The quantitative estimate of drug-likeness (QED) is 0.546. The van der Waals surface area contributed by atoms with E-state index in [4.69, 9.17) is 25.8 Å². The summed E-state index contributed by atoms with van der Waals surface area (Å²) in [5.41, 5.74) is 1.62. The molecule has 0 bridgehead atoms. The third kappa shape index (κ3) is 4.97. The van der Waals surface area contributed by atoms with Gasteiger partial charge in [0.2, 0.25) is 10.0 Å². The van der Waals surface area contributed by atoms with Crippen LogP contribution < -0.4 is 9.47 Å². The molecule has 1 aliphatic rings. The second kappa shape index (κ2) is 9.89. The fraction of sp³-hybridized carbons (Fsp3) is 0.409. The van der Waals surface area contributed by atoms with E-state index < -0.39 is 22.0 Å². The van der Waals surface area contributed by atoms with Gasteiger partial charge in [0, 0.05) is 11.6 Å². The van der Waals surface area contributed by atoms with E-state index in [1.165, 1.54) is 23.5 Å². The maximum absolute atomic E-state index is 13.5. The largest absolute Gasteiger partial charge is 0.490 e. The number of rotatable bonds is 8. The molecule has 31 heavy (non-hydrogen) atoms.